The number of benzene rings is 1. The number of hydrogen-bond donors (Lipinski definition) is 1. The molecule has 1 aromatic rings. The first kappa shape index (κ1) is 9.70. The molecule has 2 rings (SSSR count). The standard InChI is InChI=1S/C13H11NO/c1-2-12-11-6-4-3-5-10(11)7-8-13(12,15)9-14/h2-8,12,15H,1H2. The largest absolute Gasteiger partial charge is 0.371 e. The predicted molar refractivity (Wildman–Crippen MR) is 59.0 cm³/mol. The minimum Gasteiger partial charge on any atom is -0.371 e. The Hall–Kier alpha value is -1.85. The zero-order valence-electron chi connectivity index (χ0n) is 8.22. The second-order valence-corrected chi connectivity index (χ2v) is 3.61. The SMILES string of the molecule is C=CC1c2ccccc2C=CC1(O)C#N. The lowest BCUT2D eigenvalue weighted by molar-refractivity contribution is 0.134. The highest BCUT2D eigenvalue weighted by atomic mass is 16.3. The number of nitrogens with zero attached hydrogens (tertiary/aromatic N) is 1. The Bertz CT molecular complexity index is 470. The Labute approximate surface area is 88.8 Å². The lowest BCUT2D eigenvalue weighted by Crippen LogP contribution is -2.33. The van der Waals surface area contributed by atoms with Crippen molar-refractivity contribution in [2.75, 3.05) is 0 Å². The molecule has 1 aromatic carbocycles. The predicted octanol–water partition coefficient (Wildman–Crippen LogP) is 2.24. The molecule has 2 heteroatoms. The maximum atomic E-state index is 10.1. The maximum Gasteiger partial charge on any atom is 0.180 e. The first-order chi connectivity index (χ1) is 7.21. The fourth-order valence-corrected chi connectivity index (χ4v) is 1.92. The molecule has 1 aliphatic carbocycles. The van der Waals surface area contributed by atoms with Gasteiger partial charge in [-0.2, -0.15) is 5.26 Å². The van der Waals surface area contributed by atoms with Crippen LogP contribution in [0.3, 0.4) is 0 Å². The van der Waals surface area contributed by atoms with Crippen LogP contribution in [0.2, 0.25) is 0 Å². The summed E-state index contributed by atoms with van der Waals surface area (Å²) in [6.45, 7) is 3.68. The number of rotatable bonds is 1. The van der Waals surface area contributed by atoms with E-state index < -0.39 is 5.60 Å². The van der Waals surface area contributed by atoms with E-state index in [2.05, 4.69) is 6.58 Å². The molecule has 15 heavy (non-hydrogen) atoms. The van der Waals surface area contributed by atoms with Gasteiger partial charge in [-0.15, -0.1) is 6.58 Å². The van der Waals surface area contributed by atoms with E-state index in [-0.39, 0.29) is 5.92 Å². The van der Waals surface area contributed by atoms with Crippen molar-refractivity contribution < 1.29 is 5.11 Å². The fraction of sp³-hybridized carbons (Fsp3) is 0.154. The molecule has 1 aliphatic rings. The molecule has 0 heterocycles. The summed E-state index contributed by atoms with van der Waals surface area (Å²) >= 11 is 0. The van der Waals surface area contributed by atoms with Crippen molar-refractivity contribution in [3.8, 4) is 6.07 Å². The van der Waals surface area contributed by atoms with Crippen LogP contribution in [-0.4, -0.2) is 10.7 Å². The van der Waals surface area contributed by atoms with Gasteiger partial charge in [-0.1, -0.05) is 36.4 Å². The molecule has 2 nitrogen and oxygen atoms in total. The molecule has 0 spiro atoms. The van der Waals surface area contributed by atoms with Gasteiger partial charge in [0.2, 0.25) is 0 Å². The van der Waals surface area contributed by atoms with Gasteiger partial charge in [-0.3, -0.25) is 0 Å². The van der Waals surface area contributed by atoms with Crippen molar-refractivity contribution >= 4 is 6.08 Å². The summed E-state index contributed by atoms with van der Waals surface area (Å²) in [4.78, 5) is 0. The van der Waals surface area contributed by atoms with Gasteiger partial charge in [0.05, 0.1) is 0 Å². The zero-order valence-corrected chi connectivity index (χ0v) is 8.22. The van der Waals surface area contributed by atoms with Crippen molar-refractivity contribution in [3.63, 3.8) is 0 Å². The van der Waals surface area contributed by atoms with Gasteiger partial charge in [-0.05, 0) is 17.2 Å². The first-order valence-electron chi connectivity index (χ1n) is 4.75. The Morgan fingerprint density at radius 2 is 2.20 bits per heavy atom. The second-order valence-electron chi connectivity index (χ2n) is 3.61. The second kappa shape index (κ2) is 3.38. The molecule has 2 unspecified atom stereocenters. The average molecular weight is 197 g/mol. The van der Waals surface area contributed by atoms with Crippen molar-refractivity contribution in [1.82, 2.24) is 0 Å². The molecule has 0 fully saturated rings. The van der Waals surface area contributed by atoms with E-state index in [1.807, 2.05) is 30.3 Å². The molecule has 0 aliphatic heterocycles. The summed E-state index contributed by atoms with van der Waals surface area (Å²) in [5, 5.41) is 19.0. The molecule has 0 amide bonds. The van der Waals surface area contributed by atoms with Crippen LogP contribution in [0.5, 0.6) is 0 Å². The summed E-state index contributed by atoms with van der Waals surface area (Å²) in [6, 6.07) is 9.61. The van der Waals surface area contributed by atoms with E-state index in [1.165, 1.54) is 6.08 Å². The monoisotopic (exact) mass is 197 g/mol. The molecule has 0 saturated carbocycles. The van der Waals surface area contributed by atoms with Gasteiger partial charge in [0.1, 0.15) is 6.07 Å². The van der Waals surface area contributed by atoms with E-state index in [4.69, 9.17) is 5.26 Å². The third-order valence-corrected chi connectivity index (χ3v) is 2.74. The summed E-state index contributed by atoms with van der Waals surface area (Å²) in [5.74, 6) is -0.358. The molecule has 74 valence electrons. The molecular formula is C13H11NO. The van der Waals surface area contributed by atoms with Gasteiger partial charge in [0.25, 0.3) is 0 Å². The molecule has 1 N–H and O–H groups in total. The molecular weight excluding hydrogens is 186 g/mol. The summed E-state index contributed by atoms with van der Waals surface area (Å²) in [5.41, 5.74) is 0.511. The van der Waals surface area contributed by atoms with Crippen LogP contribution < -0.4 is 0 Å². The Kier molecular flexibility index (Phi) is 2.18. The Morgan fingerprint density at radius 1 is 1.47 bits per heavy atom. The maximum absolute atomic E-state index is 10.1. The number of nitriles is 1. The Morgan fingerprint density at radius 3 is 2.87 bits per heavy atom. The van der Waals surface area contributed by atoms with E-state index in [0.717, 1.165) is 11.1 Å². The fourth-order valence-electron chi connectivity index (χ4n) is 1.92. The van der Waals surface area contributed by atoms with Crippen LogP contribution in [0.4, 0.5) is 0 Å². The average Bonchev–Trinajstić information content (AvgIpc) is 2.29. The van der Waals surface area contributed by atoms with Crippen LogP contribution in [0, 0.1) is 11.3 Å². The number of fused-ring (bicyclic) bond motifs is 1. The summed E-state index contributed by atoms with van der Waals surface area (Å²) in [7, 11) is 0. The molecule has 2 atom stereocenters. The van der Waals surface area contributed by atoms with E-state index in [1.54, 1.807) is 12.2 Å². The van der Waals surface area contributed by atoms with Crippen LogP contribution in [0.1, 0.15) is 17.0 Å². The van der Waals surface area contributed by atoms with Gasteiger partial charge >= 0.3 is 0 Å². The van der Waals surface area contributed by atoms with Gasteiger partial charge in [0, 0.05) is 5.92 Å². The van der Waals surface area contributed by atoms with Crippen molar-refractivity contribution in [2.45, 2.75) is 11.5 Å². The normalized spacial score (nSPS) is 27.9. The molecule has 0 saturated heterocycles. The third-order valence-electron chi connectivity index (χ3n) is 2.74. The number of aliphatic hydroxyl groups is 1. The van der Waals surface area contributed by atoms with Gasteiger partial charge < -0.3 is 5.11 Å². The van der Waals surface area contributed by atoms with E-state index >= 15 is 0 Å². The van der Waals surface area contributed by atoms with Crippen molar-refractivity contribution in [2.24, 2.45) is 0 Å². The van der Waals surface area contributed by atoms with Gasteiger partial charge in [0.15, 0.2) is 5.60 Å². The lowest BCUT2D eigenvalue weighted by atomic mass is 9.77. The minimum absolute atomic E-state index is 0.358. The summed E-state index contributed by atoms with van der Waals surface area (Å²) < 4.78 is 0. The topological polar surface area (TPSA) is 44.0 Å². The summed E-state index contributed by atoms with van der Waals surface area (Å²) in [6.07, 6.45) is 4.92. The highest BCUT2D eigenvalue weighted by Crippen LogP contribution is 2.37. The number of hydrogen-bond acceptors (Lipinski definition) is 2. The smallest absolute Gasteiger partial charge is 0.180 e. The van der Waals surface area contributed by atoms with Gasteiger partial charge in [-0.25, -0.2) is 0 Å². The minimum atomic E-state index is -1.46. The highest BCUT2D eigenvalue weighted by molar-refractivity contribution is 5.63. The molecule has 0 aromatic heterocycles. The zero-order chi connectivity index (χ0) is 10.9. The third kappa shape index (κ3) is 1.38. The van der Waals surface area contributed by atoms with Crippen LogP contribution >= 0.6 is 0 Å². The van der Waals surface area contributed by atoms with Crippen molar-refractivity contribution in [3.05, 3.63) is 54.1 Å². The van der Waals surface area contributed by atoms with E-state index in [9.17, 15) is 5.11 Å². The lowest BCUT2D eigenvalue weighted by Gasteiger charge is -2.29. The van der Waals surface area contributed by atoms with Crippen LogP contribution in [0.15, 0.2) is 43.0 Å². The van der Waals surface area contributed by atoms with Crippen LogP contribution in [-0.2, 0) is 0 Å². The Balaban J connectivity index is 2.62. The quantitative estimate of drug-likeness (QED) is 0.554. The van der Waals surface area contributed by atoms with E-state index in [0.29, 0.717) is 0 Å². The van der Waals surface area contributed by atoms with Crippen LogP contribution in [0.25, 0.3) is 6.08 Å². The first-order valence-corrected chi connectivity index (χ1v) is 4.75. The molecule has 0 bridgehead atoms. The highest BCUT2D eigenvalue weighted by Gasteiger charge is 2.36. The molecule has 0 radical (unpaired) electrons. The van der Waals surface area contributed by atoms with Crippen molar-refractivity contribution in [1.29, 1.82) is 5.26 Å².